The number of nitrogens with one attached hydrogen (secondary N) is 1. The number of carboxylic acid groups (broad SMARTS) is 1. The fourth-order valence-corrected chi connectivity index (χ4v) is 1.43. The Labute approximate surface area is 117 Å². The van der Waals surface area contributed by atoms with Crippen molar-refractivity contribution in [2.45, 2.75) is 6.18 Å². The van der Waals surface area contributed by atoms with Crippen LogP contribution >= 0.6 is 0 Å². The number of benzene rings is 1. The second-order valence-electron chi connectivity index (χ2n) is 4.12. The molecular weight excluding hydrogens is 293 g/mol. The van der Waals surface area contributed by atoms with Gasteiger partial charge in [0.25, 0.3) is 0 Å². The van der Waals surface area contributed by atoms with Gasteiger partial charge < -0.3 is 15.3 Å². The maximum absolute atomic E-state index is 12.1. The minimum Gasteiger partial charge on any atom is -0.478 e. The van der Waals surface area contributed by atoms with Gasteiger partial charge in [0.15, 0.2) is 0 Å². The average Bonchev–Trinajstić information content (AvgIpc) is 2.36. The lowest BCUT2D eigenvalue weighted by atomic mass is 10.2. The third kappa shape index (κ3) is 5.13. The Morgan fingerprint density at radius 3 is 2.43 bits per heavy atom. The summed E-state index contributed by atoms with van der Waals surface area (Å²) in [5, 5.41) is 10.8. The van der Waals surface area contributed by atoms with E-state index < -0.39 is 30.5 Å². The highest BCUT2D eigenvalue weighted by atomic mass is 19.4. The third-order valence-electron chi connectivity index (χ3n) is 2.32. The number of carbonyl (C=O) groups excluding carboxylic acids is 2. The Morgan fingerprint density at radius 1 is 1.29 bits per heavy atom. The predicted molar refractivity (Wildman–Crippen MR) is 65.7 cm³/mol. The minimum atomic E-state index is -4.62. The summed E-state index contributed by atoms with van der Waals surface area (Å²) in [5.74, 6) is -3.91. The van der Waals surface area contributed by atoms with Crippen LogP contribution in [0.5, 0.6) is 0 Å². The summed E-state index contributed by atoms with van der Waals surface area (Å²) >= 11 is 0. The molecule has 0 aromatic heterocycles. The molecule has 0 fully saturated rings. The second-order valence-corrected chi connectivity index (χ2v) is 4.12. The van der Waals surface area contributed by atoms with Crippen molar-refractivity contribution >= 4 is 23.5 Å². The third-order valence-corrected chi connectivity index (χ3v) is 2.32. The fraction of sp³-hybridized carbons (Fsp3) is 0.250. The van der Waals surface area contributed by atoms with E-state index in [0.29, 0.717) is 0 Å². The van der Waals surface area contributed by atoms with Gasteiger partial charge in [0.05, 0.1) is 5.56 Å². The zero-order chi connectivity index (χ0) is 16.2. The van der Waals surface area contributed by atoms with Gasteiger partial charge in [0.2, 0.25) is 0 Å². The molecule has 0 aliphatic carbocycles. The van der Waals surface area contributed by atoms with Crippen LogP contribution in [-0.2, 0) is 9.59 Å². The molecule has 0 atom stereocenters. The second kappa shape index (κ2) is 6.25. The van der Waals surface area contributed by atoms with Crippen LogP contribution in [-0.4, -0.2) is 47.6 Å². The number of likely N-dealkylation sites (N-methyl/N-ethyl adjacent to an activating group) is 1. The number of hydrogen-bond donors (Lipinski definition) is 2. The van der Waals surface area contributed by atoms with Crippen molar-refractivity contribution in [2.24, 2.45) is 0 Å². The van der Waals surface area contributed by atoms with Gasteiger partial charge in [-0.25, -0.2) is 4.79 Å². The lowest BCUT2D eigenvalue weighted by molar-refractivity contribution is -0.161. The lowest BCUT2D eigenvalue weighted by Crippen LogP contribution is -2.42. The zero-order valence-corrected chi connectivity index (χ0v) is 10.8. The topological polar surface area (TPSA) is 86.7 Å². The highest BCUT2D eigenvalue weighted by molar-refractivity contribution is 6.39. The highest BCUT2D eigenvalue weighted by Crippen LogP contribution is 2.16. The van der Waals surface area contributed by atoms with Crippen molar-refractivity contribution in [1.82, 2.24) is 4.90 Å². The van der Waals surface area contributed by atoms with Crippen molar-refractivity contribution in [3.05, 3.63) is 29.8 Å². The molecule has 2 amide bonds. The first-order valence-electron chi connectivity index (χ1n) is 5.56. The zero-order valence-electron chi connectivity index (χ0n) is 10.8. The van der Waals surface area contributed by atoms with Crippen molar-refractivity contribution in [3.8, 4) is 0 Å². The van der Waals surface area contributed by atoms with Crippen LogP contribution in [0.2, 0.25) is 0 Å². The molecular formula is C12H11F3N2O4. The van der Waals surface area contributed by atoms with E-state index in [4.69, 9.17) is 5.11 Å². The molecule has 0 saturated carbocycles. The monoisotopic (exact) mass is 304 g/mol. The number of amides is 2. The molecule has 0 heterocycles. The Kier molecular flexibility index (Phi) is 4.90. The van der Waals surface area contributed by atoms with E-state index in [1.54, 1.807) is 0 Å². The van der Waals surface area contributed by atoms with Crippen molar-refractivity contribution in [1.29, 1.82) is 0 Å². The summed E-state index contributed by atoms with van der Waals surface area (Å²) in [6.07, 6.45) is -4.62. The van der Waals surface area contributed by atoms with Crippen LogP contribution in [0.25, 0.3) is 0 Å². The number of rotatable bonds is 3. The van der Waals surface area contributed by atoms with Crippen LogP contribution in [0.1, 0.15) is 10.4 Å². The normalized spacial score (nSPS) is 10.9. The van der Waals surface area contributed by atoms with Gasteiger partial charge in [0, 0.05) is 12.7 Å². The molecule has 0 aliphatic rings. The molecule has 0 unspecified atom stereocenters. The maximum atomic E-state index is 12.1. The van der Waals surface area contributed by atoms with Crippen LogP contribution in [0, 0.1) is 0 Å². The predicted octanol–water partition coefficient (Wildman–Crippen LogP) is 1.34. The van der Waals surface area contributed by atoms with Crippen LogP contribution in [0.4, 0.5) is 18.9 Å². The quantitative estimate of drug-likeness (QED) is 0.825. The van der Waals surface area contributed by atoms with Gasteiger partial charge >= 0.3 is 24.0 Å². The Balaban J connectivity index is 2.75. The number of carboxylic acids is 1. The van der Waals surface area contributed by atoms with E-state index in [-0.39, 0.29) is 16.2 Å². The standard InChI is InChI=1S/C12H11F3N2O4/c1-17(6-12(13,14)15)10(19)9(18)16-8-4-2-3-7(5-8)11(20)21/h2-5H,6H2,1H3,(H,16,18)(H,20,21). The van der Waals surface area contributed by atoms with Gasteiger partial charge in [-0.2, -0.15) is 13.2 Å². The first kappa shape index (κ1) is 16.5. The smallest absolute Gasteiger partial charge is 0.406 e. The summed E-state index contributed by atoms with van der Waals surface area (Å²) in [4.78, 5) is 33.9. The first-order chi connectivity index (χ1) is 9.60. The number of anilines is 1. The number of hydrogen-bond acceptors (Lipinski definition) is 3. The van der Waals surface area contributed by atoms with Gasteiger partial charge in [0.1, 0.15) is 6.54 Å². The van der Waals surface area contributed by atoms with Crippen LogP contribution in [0.15, 0.2) is 24.3 Å². The summed E-state index contributed by atoms with van der Waals surface area (Å²) in [6.45, 7) is -1.56. The van der Waals surface area contributed by atoms with E-state index in [1.165, 1.54) is 18.2 Å². The molecule has 0 bridgehead atoms. The Hall–Kier alpha value is -2.58. The summed E-state index contributed by atoms with van der Waals surface area (Å²) in [5.41, 5.74) is -0.141. The number of alkyl halides is 3. The van der Waals surface area contributed by atoms with E-state index in [1.807, 2.05) is 5.32 Å². The SMILES string of the molecule is CN(CC(F)(F)F)C(=O)C(=O)Nc1cccc(C(=O)O)c1. The first-order valence-corrected chi connectivity index (χ1v) is 5.56. The molecule has 6 nitrogen and oxygen atoms in total. The highest BCUT2D eigenvalue weighted by Gasteiger charge is 2.33. The van der Waals surface area contributed by atoms with E-state index >= 15 is 0 Å². The van der Waals surface area contributed by atoms with E-state index in [2.05, 4.69) is 0 Å². The number of halogens is 3. The van der Waals surface area contributed by atoms with Gasteiger partial charge in [-0.05, 0) is 18.2 Å². The Bertz CT molecular complexity index is 572. The molecule has 1 aromatic rings. The largest absolute Gasteiger partial charge is 0.478 e. The van der Waals surface area contributed by atoms with Gasteiger partial charge in [-0.1, -0.05) is 6.07 Å². The number of aromatic carboxylic acids is 1. The van der Waals surface area contributed by atoms with Crippen molar-refractivity contribution in [2.75, 3.05) is 18.9 Å². The summed E-state index contributed by atoms with van der Waals surface area (Å²) in [7, 11) is 0.836. The molecule has 0 saturated heterocycles. The lowest BCUT2D eigenvalue weighted by Gasteiger charge is -2.18. The molecule has 21 heavy (non-hydrogen) atoms. The molecule has 2 N–H and O–H groups in total. The van der Waals surface area contributed by atoms with E-state index in [9.17, 15) is 27.6 Å². The Morgan fingerprint density at radius 2 is 1.90 bits per heavy atom. The molecule has 0 radical (unpaired) electrons. The number of nitrogens with zero attached hydrogens (tertiary/aromatic N) is 1. The summed E-state index contributed by atoms with van der Waals surface area (Å²) in [6, 6.07) is 4.97. The van der Waals surface area contributed by atoms with Crippen molar-refractivity contribution in [3.63, 3.8) is 0 Å². The molecule has 1 aromatic carbocycles. The van der Waals surface area contributed by atoms with E-state index in [0.717, 1.165) is 13.1 Å². The van der Waals surface area contributed by atoms with Gasteiger partial charge in [-0.15, -0.1) is 0 Å². The molecule has 0 aliphatic heterocycles. The maximum Gasteiger partial charge on any atom is 0.406 e. The van der Waals surface area contributed by atoms with Crippen LogP contribution < -0.4 is 5.32 Å². The summed E-state index contributed by atoms with van der Waals surface area (Å²) < 4.78 is 36.3. The number of carbonyl (C=O) groups is 3. The minimum absolute atomic E-state index is 0.00587. The average molecular weight is 304 g/mol. The fourth-order valence-electron chi connectivity index (χ4n) is 1.43. The van der Waals surface area contributed by atoms with Crippen molar-refractivity contribution < 1.29 is 32.7 Å². The molecule has 1 rings (SSSR count). The molecule has 0 spiro atoms. The molecule has 9 heteroatoms. The van der Waals surface area contributed by atoms with Gasteiger partial charge in [-0.3, -0.25) is 9.59 Å². The van der Waals surface area contributed by atoms with Crippen LogP contribution in [0.3, 0.4) is 0 Å². The molecule has 114 valence electrons.